The zero-order valence-electron chi connectivity index (χ0n) is 11.6. The second kappa shape index (κ2) is 6.69. The SMILES string of the molecule is CC(C)C[C@@H](c1ccc(Cl)c(F)c1)N1CCNCC1. The van der Waals surface area contributed by atoms with E-state index in [-0.39, 0.29) is 16.9 Å². The lowest BCUT2D eigenvalue weighted by Crippen LogP contribution is -2.45. The average Bonchev–Trinajstić information content (AvgIpc) is 2.40. The van der Waals surface area contributed by atoms with Crippen molar-refractivity contribution >= 4 is 11.6 Å². The minimum atomic E-state index is -0.317. The minimum Gasteiger partial charge on any atom is -0.314 e. The van der Waals surface area contributed by atoms with E-state index in [4.69, 9.17) is 11.6 Å². The molecule has 0 aliphatic carbocycles. The molecular weight excluding hydrogens is 263 g/mol. The van der Waals surface area contributed by atoms with E-state index in [2.05, 4.69) is 24.1 Å². The highest BCUT2D eigenvalue weighted by molar-refractivity contribution is 6.30. The van der Waals surface area contributed by atoms with E-state index in [1.807, 2.05) is 6.07 Å². The number of nitrogens with one attached hydrogen (secondary N) is 1. The summed E-state index contributed by atoms with van der Waals surface area (Å²) in [6, 6.07) is 5.51. The summed E-state index contributed by atoms with van der Waals surface area (Å²) < 4.78 is 13.7. The maximum absolute atomic E-state index is 13.7. The predicted molar refractivity (Wildman–Crippen MR) is 78.0 cm³/mol. The number of nitrogens with zero attached hydrogens (tertiary/aromatic N) is 1. The van der Waals surface area contributed by atoms with Crippen LogP contribution in [-0.2, 0) is 0 Å². The van der Waals surface area contributed by atoms with Gasteiger partial charge in [-0.05, 0) is 30.0 Å². The molecule has 1 saturated heterocycles. The minimum absolute atomic E-state index is 0.201. The van der Waals surface area contributed by atoms with Crippen molar-refractivity contribution in [2.75, 3.05) is 26.2 Å². The van der Waals surface area contributed by atoms with Gasteiger partial charge < -0.3 is 5.32 Å². The Hall–Kier alpha value is -0.640. The maximum atomic E-state index is 13.7. The van der Waals surface area contributed by atoms with Crippen LogP contribution in [-0.4, -0.2) is 31.1 Å². The summed E-state index contributed by atoms with van der Waals surface area (Å²) in [5.41, 5.74) is 1.04. The maximum Gasteiger partial charge on any atom is 0.142 e. The molecule has 2 nitrogen and oxygen atoms in total. The van der Waals surface area contributed by atoms with Gasteiger partial charge in [-0.3, -0.25) is 4.90 Å². The van der Waals surface area contributed by atoms with Crippen molar-refractivity contribution in [3.63, 3.8) is 0 Å². The van der Waals surface area contributed by atoms with Gasteiger partial charge in [0.2, 0.25) is 0 Å². The van der Waals surface area contributed by atoms with E-state index in [1.165, 1.54) is 0 Å². The normalized spacial score (nSPS) is 18.8. The summed E-state index contributed by atoms with van der Waals surface area (Å²) >= 11 is 5.78. The van der Waals surface area contributed by atoms with Gasteiger partial charge in [0.05, 0.1) is 5.02 Å². The topological polar surface area (TPSA) is 15.3 Å². The Balaban J connectivity index is 2.22. The molecule has 0 unspecified atom stereocenters. The number of hydrogen-bond donors (Lipinski definition) is 1. The van der Waals surface area contributed by atoms with Crippen LogP contribution in [0.4, 0.5) is 4.39 Å². The predicted octanol–water partition coefficient (Wildman–Crippen LogP) is 3.47. The van der Waals surface area contributed by atoms with Crippen LogP contribution >= 0.6 is 11.6 Å². The van der Waals surface area contributed by atoms with E-state index in [1.54, 1.807) is 12.1 Å². The largest absolute Gasteiger partial charge is 0.314 e. The third-order valence-corrected chi connectivity index (χ3v) is 3.92. The molecule has 106 valence electrons. The van der Waals surface area contributed by atoms with Crippen molar-refractivity contribution in [3.8, 4) is 0 Å². The van der Waals surface area contributed by atoms with Gasteiger partial charge in [0.25, 0.3) is 0 Å². The molecule has 1 atom stereocenters. The molecule has 1 aromatic rings. The third-order valence-electron chi connectivity index (χ3n) is 3.62. The number of benzene rings is 1. The summed E-state index contributed by atoms with van der Waals surface area (Å²) in [7, 11) is 0. The third kappa shape index (κ3) is 3.91. The Morgan fingerprint density at radius 2 is 2.00 bits per heavy atom. The smallest absolute Gasteiger partial charge is 0.142 e. The van der Waals surface area contributed by atoms with Crippen LogP contribution in [0.2, 0.25) is 5.02 Å². The molecule has 0 radical (unpaired) electrons. The van der Waals surface area contributed by atoms with E-state index in [0.29, 0.717) is 5.92 Å². The number of rotatable bonds is 4. The first-order valence-corrected chi connectivity index (χ1v) is 7.35. The highest BCUT2D eigenvalue weighted by atomic mass is 35.5. The van der Waals surface area contributed by atoms with Gasteiger partial charge in [0.15, 0.2) is 0 Å². The summed E-state index contributed by atoms with van der Waals surface area (Å²) in [5, 5.41) is 3.56. The molecule has 1 fully saturated rings. The van der Waals surface area contributed by atoms with Crippen molar-refractivity contribution in [1.82, 2.24) is 10.2 Å². The average molecular weight is 285 g/mol. The summed E-state index contributed by atoms with van der Waals surface area (Å²) in [6.07, 6.45) is 1.04. The van der Waals surface area contributed by atoms with Crippen LogP contribution in [0.1, 0.15) is 31.9 Å². The number of hydrogen-bond acceptors (Lipinski definition) is 2. The van der Waals surface area contributed by atoms with Crippen molar-refractivity contribution in [1.29, 1.82) is 0 Å². The van der Waals surface area contributed by atoms with Crippen molar-refractivity contribution in [2.24, 2.45) is 5.92 Å². The Bertz CT molecular complexity index is 417. The fraction of sp³-hybridized carbons (Fsp3) is 0.600. The van der Waals surface area contributed by atoms with Crippen LogP contribution in [0.15, 0.2) is 18.2 Å². The lowest BCUT2D eigenvalue weighted by Gasteiger charge is -2.36. The highest BCUT2D eigenvalue weighted by Crippen LogP contribution is 2.30. The van der Waals surface area contributed by atoms with Gasteiger partial charge in [-0.2, -0.15) is 0 Å². The number of halogens is 2. The van der Waals surface area contributed by atoms with Crippen LogP contribution < -0.4 is 5.32 Å². The standard InChI is InChI=1S/C15H22ClFN2/c1-11(2)9-15(19-7-5-18-6-8-19)12-3-4-13(16)14(17)10-12/h3-4,10-11,15,18H,5-9H2,1-2H3/t15-/m0/s1. The molecule has 1 aliphatic heterocycles. The van der Waals surface area contributed by atoms with E-state index in [9.17, 15) is 4.39 Å². The Kier molecular flexibility index (Phi) is 5.20. The molecule has 1 N–H and O–H groups in total. The summed E-state index contributed by atoms with van der Waals surface area (Å²) in [5.74, 6) is 0.265. The van der Waals surface area contributed by atoms with Crippen molar-refractivity contribution in [3.05, 3.63) is 34.6 Å². The van der Waals surface area contributed by atoms with Crippen LogP contribution in [0, 0.1) is 11.7 Å². The van der Waals surface area contributed by atoms with Gasteiger partial charge in [-0.15, -0.1) is 0 Å². The van der Waals surface area contributed by atoms with Gasteiger partial charge >= 0.3 is 0 Å². The summed E-state index contributed by atoms with van der Waals surface area (Å²) in [6.45, 7) is 8.46. The summed E-state index contributed by atoms with van der Waals surface area (Å²) in [4.78, 5) is 2.44. The highest BCUT2D eigenvalue weighted by Gasteiger charge is 2.23. The molecule has 0 bridgehead atoms. The molecule has 2 rings (SSSR count). The number of piperazine rings is 1. The fourth-order valence-electron chi connectivity index (χ4n) is 2.66. The van der Waals surface area contributed by atoms with E-state index < -0.39 is 0 Å². The van der Waals surface area contributed by atoms with E-state index in [0.717, 1.165) is 38.2 Å². The lowest BCUT2D eigenvalue weighted by molar-refractivity contribution is 0.154. The van der Waals surface area contributed by atoms with E-state index >= 15 is 0 Å². The fourth-order valence-corrected chi connectivity index (χ4v) is 2.77. The van der Waals surface area contributed by atoms with Crippen LogP contribution in [0.25, 0.3) is 0 Å². The molecule has 19 heavy (non-hydrogen) atoms. The molecule has 1 aromatic carbocycles. The second-order valence-corrected chi connectivity index (χ2v) is 6.01. The second-order valence-electron chi connectivity index (χ2n) is 5.60. The molecule has 4 heteroatoms. The lowest BCUT2D eigenvalue weighted by atomic mass is 9.95. The molecule has 0 aromatic heterocycles. The van der Waals surface area contributed by atoms with Gasteiger partial charge in [0, 0.05) is 32.2 Å². The molecule has 1 aliphatic rings. The zero-order valence-corrected chi connectivity index (χ0v) is 12.4. The Morgan fingerprint density at radius 3 is 2.58 bits per heavy atom. The molecule has 1 heterocycles. The molecular formula is C15H22ClFN2. The monoisotopic (exact) mass is 284 g/mol. The van der Waals surface area contributed by atoms with Crippen molar-refractivity contribution in [2.45, 2.75) is 26.3 Å². The van der Waals surface area contributed by atoms with Crippen LogP contribution in [0.5, 0.6) is 0 Å². The quantitative estimate of drug-likeness (QED) is 0.911. The van der Waals surface area contributed by atoms with Gasteiger partial charge in [0.1, 0.15) is 5.82 Å². The van der Waals surface area contributed by atoms with Crippen LogP contribution in [0.3, 0.4) is 0 Å². The Morgan fingerprint density at radius 1 is 1.32 bits per heavy atom. The molecule has 0 amide bonds. The van der Waals surface area contributed by atoms with Crippen molar-refractivity contribution < 1.29 is 4.39 Å². The molecule has 0 saturated carbocycles. The Labute approximate surface area is 119 Å². The van der Waals surface area contributed by atoms with Gasteiger partial charge in [-0.1, -0.05) is 31.5 Å². The van der Waals surface area contributed by atoms with Gasteiger partial charge in [-0.25, -0.2) is 4.39 Å². The first-order valence-electron chi connectivity index (χ1n) is 6.97. The first-order chi connectivity index (χ1) is 9.08. The zero-order chi connectivity index (χ0) is 13.8. The first kappa shape index (κ1) is 14.8. The molecule has 0 spiro atoms.